The molecule has 2 rings (SSSR count). The highest BCUT2D eigenvalue weighted by atomic mass is 16.1. The fraction of sp³-hybridized carbons (Fsp3) is 0.571. The van der Waals surface area contributed by atoms with E-state index in [4.69, 9.17) is 5.73 Å². The van der Waals surface area contributed by atoms with Gasteiger partial charge in [0.2, 0.25) is 5.91 Å². The third-order valence-corrected chi connectivity index (χ3v) is 3.45. The second-order valence-electron chi connectivity index (χ2n) is 5.01. The molecule has 0 atom stereocenters. The highest BCUT2D eigenvalue weighted by molar-refractivity contribution is 5.73. The maximum absolute atomic E-state index is 10.7. The minimum Gasteiger partial charge on any atom is -0.370 e. The Labute approximate surface area is 108 Å². The van der Waals surface area contributed by atoms with E-state index < -0.39 is 0 Å². The van der Waals surface area contributed by atoms with Crippen LogP contribution in [-0.2, 0) is 11.3 Å². The van der Waals surface area contributed by atoms with E-state index in [9.17, 15) is 4.79 Å². The van der Waals surface area contributed by atoms with Crippen molar-refractivity contribution in [1.82, 2.24) is 9.78 Å². The van der Waals surface area contributed by atoms with Crippen LogP contribution in [0.15, 0.2) is 18.5 Å². The molecule has 0 aromatic carbocycles. The van der Waals surface area contributed by atoms with E-state index in [0.29, 0.717) is 13.0 Å². The highest BCUT2D eigenvalue weighted by Crippen LogP contribution is 2.25. The van der Waals surface area contributed by atoms with Crippen LogP contribution in [-0.4, -0.2) is 15.7 Å². The number of nitrogens with two attached hydrogens (primary N) is 1. The Hall–Kier alpha value is -1.58. The monoisotopic (exact) mass is 247 g/mol. The van der Waals surface area contributed by atoms with Crippen molar-refractivity contribution in [1.29, 1.82) is 0 Å². The summed E-state index contributed by atoms with van der Waals surface area (Å²) in [6.07, 6.45) is 15.3. The molecule has 0 spiro atoms. The highest BCUT2D eigenvalue weighted by Gasteiger charge is 2.09. The number of nitrogens with zero attached hydrogens (tertiary/aromatic N) is 2. The van der Waals surface area contributed by atoms with Gasteiger partial charge in [0, 0.05) is 24.7 Å². The molecule has 0 saturated heterocycles. The van der Waals surface area contributed by atoms with Gasteiger partial charge in [-0.25, -0.2) is 0 Å². The average molecular weight is 247 g/mol. The van der Waals surface area contributed by atoms with E-state index in [1.165, 1.54) is 32.1 Å². The standard InChI is InChI=1S/C14H21N3O/c15-14(18)8-9-17-11-13(10-16-17)7-6-12-4-2-1-3-5-12/h6-7,10-12H,1-5,8-9H2,(H2,15,18)/b7-6+. The Morgan fingerprint density at radius 2 is 2.22 bits per heavy atom. The predicted molar refractivity (Wildman–Crippen MR) is 71.6 cm³/mol. The van der Waals surface area contributed by atoms with E-state index in [1.54, 1.807) is 4.68 Å². The van der Waals surface area contributed by atoms with Gasteiger partial charge in [0.1, 0.15) is 0 Å². The molecule has 1 amide bonds. The van der Waals surface area contributed by atoms with Crippen molar-refractivity contribution < 1.29 is 4.79 Å². The summed E-state index contributed by atoms with van der Waals surface area (Å²) in [6.45, 7) is 0.562. The fourth-order valence-electron chi connectivity index (χ4n) is 2.39. The molecule has 1 aromatic heterocycles. The second kappa shape index (κ2) is 6.38. The van der Waals surface area contributed by atoms with Crippen LogP contribution in [0.4, 0.5) is 0 Å². The van der Waals surface area contributed by atoms with Crippen LogP contribution in [0.3, 0.4) is 0 Å². The van der Waals surface area contributed by atoms with Crippen LogP contribution in [0.2, 0.25) is 0 Å². The first-order valence-electron chi connectivity index (χ1n) is 6.73. The number of amides is 1. The number of carbonyl (C=O) groups is 1. The van der Waals surface area contributed by atoms with Crippen molar-refractivity contribution in [3.63, 3.8) is 0 Å². The number of aromatic nitrogens is 2. The maximum atomic E-state index is 10.7. The number of hydrogen-bond donors (Lipinski definition) is 1. The van der Waals surface area contributed by atoms with Crippen LogP contribution in [0.1, 0.15) is 44.1 Å². The summed E-state index contributed by atoms with van der Waals surface area (Å²) in [5.41, 5.74) is 6.21. The Bertz CT molecular complexity index is 416. The summed E-state index contributed by atoms with van der Waals surface area (Å²) in [7, 11) is 0. The molecule has 4 heteroatoms. The summed E-state index contributed by atoms with van der Waals surface area (Å²) in [4.78, 5) is 10.7. The van der Waals surface area contributed by atoms with Gasteiger partial charge in [0.15, 0.2) is 0 Å². The molecule has 4 nitrogen and oxygen atoms in total. The van der Waals surface area contributed by atoms with Crippen molar-refractivity contribution in [2.45, 2.75) is 45.1 Å². The van der Waals surface area contributed by atoms with E-state index in [2.05, 4.69) is 17.3 Å². The van der Waals surface area contributed by atoms with E-state index in [-0.39, 0.29) is 5.91 Å². The number of aryl methyl sites for hydroxylation is 1. The summed E-state index contributed by atoms with van der Waals surface area (Å²) in [6, 6.07) is 0. The normalized spacial score (nSPS) is 17.3. The van der Waals surface area contributed by atoms with Gasteiger partial charge in [0.05, 0.1) is 6.20 Å². The van der Waals surface area contributed by atoms with Gasteiger partial charge in [-0.05, 0) is 18.8 Å². The summed E-state index contributed by atoms with van der Waals surface area (Å²) in [5, 5.41) is 4.21. The second-order valence-corrected chi connectivity index (χ2v) is 5.01. The SMILES string of the molecule is NC(=O)CCn1cc(/C=C/C2CCCCC2)cn1. The molecule has 98 valence electrons. The van der Waals surface area contributed by atoms with E-state index >= 15 is 0 Å². The first kappa shape index (κ1) is 12.9. The van der Waals surface area contributed by atoms with Gasteiger partial charge in [-0.1, -0.05) is 31.4 Å². The molecular weight excluding hydrogens is 226 g/mol. The summed E-state index contributed by atoms with van der Waals surface area (Å²) in [5.74, 6) is 0.442. The summed E-state index contributed by atoms with van der Waals surface area (Å²) >= 11 is 0. The van der Waals surface area contributed by atoms with Gasteiger partial charge >= 0.3 is 0 Å². The molecule has 1 aromatic rings. The van der Waals surface area contributed by atoms with Gasteiger partial charge < -0.3 is 5.73 Å². The largest absolute Gasteiger partial charge is 0.370 e. The lowest BCUT2D eigenvalue weighted by molar-refractivity contribution is -0.118. The van der Waals surface area contributed by atoms with Crippen LogP contribution in [0.5, 0.6) is 0 Å². The van der Waals surface area contributed by atoms with Gasteiger partial charge in [-0.2, -0.15) is 5.10 Å². The quantitative estimate of drug-likeness (QED) is 0.868. The molecule has 1 saturated carbocycles. The van der Waals surface area contributed by atoms with Gasteiger partial charge in [-0.3, -0.25) is 9.48 Å². The topological polar surface area (TPSA) is 60.9 Å². The average Bonchev–Trinajstić information content (AvgIpc) is 2.83. The molecule has 2 N–H and O–H groups in total. The zero-order valence-electron chi connectivity index (χ0n) is 10.7. The lowest BCUT2D eigenvalue weighted by Gasteiger charge is -2.17. The molecule has 18 heavy (non-hydrogen) atoms. The molecule has 1 fully saturated rings. The molecule has 1 heterocycles. The zero-order chi connectivity index (χ0) is 12.8. The van der Waals surface area contributed by atoms with E-state index in [1.807, 2.05) is 12.4 Å². The number of hydrogen-bond acceptors (Lipinski definition) is 2. The van der Waals surface area contributed by atoms with Crippen LogP contribution >= 0.6 is 0 Å². The zero-order valence-corrected chi connectivity index (χ0v) is 10.7. The van der Waals surface area contributed by atoms with Gasteiger partial charge in [-0.15, -0.1) is 0 Å². The lowest BCUT2D eigenvalue weighted by Crippen LogP contribution is -2.13. The Morgan fingerprint density at radius 1 is 1.44 bits per heavy atom. The first-order chi connectivity index (χ1) is 8.74. The third kappa shape index (κ3) is 4.02. The minimum atomic E-state index is -0.287. The van der Waals surface area contributed by atoms with Gasteiger partial charge in [0.25, 0.3) is 0 Å². The minimum absolute atomic E-state index is 0.287. The van der Waals surface area contributed by atoms with Crippen molar-refractivity contribution >= 4 is 12.0 Å². The molecule has 0 aliphatic heterocycles. The van der Waals surface area contributed by atoms with Crippen LogP contribution < -0.4 is 5.73 Å². The predicted octanol–water partition coefficient (Wildman–Crippen LogP) is 2.35. The Kier molecular flexibility index (Phi) is 4.56. The molecule has 1 aliphatic rings. The van der Waals surface area contributed by atoms with Crippen molar-refractivity contribution in [2.75, 3.05) is 0 Å². The molecule has 0 radical (unpaired) electrons. The number of primary amides is 1. The van der Waals surface area contributed by atoms with E-state index in [0.717, 1.165) is 11.5 Å². The third-order valence-electron chi connectivity index (χ3n) is 3.45. The first-order valence-corrected chi connectivity index (χ1v) is 6.73. The van der Waals surface area contributed by atoms with Crippen LogP contribution in [0, 0.1) is 5.92 Å². The van der Waals surface area contributed by atoms with Crippen molar-refractivity contribution in [3.8, 4) is 0 Å². The van der Waals surface area contributed by atoms with Crippen LogP contribution in [0.25, 0.3) is 6.08 Å². The number of carbonyl (C=O) groups excluding carboxylic acids is 1. The molecule has 0 unspecified atom stereocenters. The number of allylic oxidation sites excluding steroid dienone is 1. The molecule has 1 aliphatic carbocycles. The maximum Gasteiger partial charge on any atom is 0.219 e. The number of rotatable bonds is 5. The van der Waals surface area contributed by atoms with Crippen molar-refractivity contribution in [2.24, 2.45) is 11.7 Å². The summed E-state index contributed by atoms with van der Waals surface area (Å²) < 4.78 is 1.77. The Balaban J connectivity index is 1.85. The lowest BCUT2D eigenvalue weighted by atomic mass is 9.89. The van der Waals surface area contributed by atoms with Crippen molar-refractivity contribution in [3.05, 3.63) is 24.0 Å². The Morgan fingerprint density at radius 3 is 2.94 bits per heavy atom. The smallest absolute Gasteiger partial charge is 0.219 e. The molecule has 0 bridgehead atoms. The molecular formula is C14H21N3O. The fourth-order valence-corrected chi connectivity index (χ4v) is 2.39.